The Bertz CT molecular complexity index is 3410. The summed E-state index contributed by atoms with van der Waals surface area (Å²) in [5.41, 5.74) is 0. The van der Waals surface area contributed by atoms with Crippen LogP contribution in [0.2, 0.25) is 0 Å². The highest BCUT2D eigenvalue weighted by Crippen LogP contribution is 2.32. The van der Waals surface area contributed by atoms with E-state index in [-0.39, 0.29) is 149 Å². The zero-order valence-corrected chi connectivity index (χ0v) is 74.5. The molecule has 132 heavy (non-hydrogen) atoms. The molecule has 758 valence electrons. The number of carbonyl (C=O) groups is 12. The molecule has 0 aromatic carbocycles. The monoisotopic (exact) mass is 1900 g/mol. The standard InChI is InChI=1S/C81H140N12O39/c1-45-62(108)67(113)71(117)77(126-45)122-33-30-88-50(96)18-8-3-12-24-82-53(99)36-91(37-54(100)83-25-13-4-9-19-51(97)89-31-34-123-78-72(118)68(114)63(109)46(2)127-78)40-57(103)86-28-16-7-17-29-87-58(104)41-92(39-56(102)85-27-15-6-11-21-61(107)132-93-59(105)22-23-60(93)106)38-55(101)84-26-14-5-10-20-52(98)90-32-35-124-80-75(121)76(131-81-74(120)70(116)65(111)48(43-95)129-81)66(112)49(130-80)44-125-79-73(119)69(115)64(110)47(42-94)128-79/h45-49,62-81,94-95,108-121H,3-44H2,1-2H3,(H,82,99)(H,83,100)(H,84,101)(H,85,102)(H,86,103)(H,87,104)(H,88,96)(H,89,97)(H,90,98)/t45-,46-,47+,48+,49+,62+,63+,64+,65+,66+,67+,68+,69-,70-,71-,72-,73-,74-,75-,76-,77+,78+,79-,80-,81+/m0/s1. The summed E-state index contributed by atoms with van der Waals surface area (Å²) in [4.78, 5) is 161. The van der Waals surface area contributed by atoms with Gasteiger partial charge in [-0.1, -0.05) is 25.7 Å². The first-order valence-corrected chi connectivity index (χ1v) is 45.1. The van der Waals surface area contributed by atoms with Crippen LogP contribution in [0.3, 0.4) is 0 Å². The Morgan fingerprint density at radius 3 is 0.932 bits per heavy atom. The molecule has 0 unspecified atom stereocenters. The van der Waals surface area contributed by atoms with Crippen LogP contribution in [0, 0.1) is 0 Å². The van der Waals surface area contributed by atoms with Crippen molar-refractivity contribution in [1.82, 2.24) is 62.7 Å². The number of aliphatic hydroxyl groups is 16. The number of unbranched alkanes of at least 4 members (excludes halogenated alkanes) is 10. The Kier molecular flexibility index (Phi) is 52.5. The molecule has 6 aliphatic heterocycles. The minimum atomic E-state index is -1.98. The van der Waals surface area contributed by atoms with Crippen molar-refractivity contribution >= 4 is 70.9 Å². The van der Waals surface area contributed by atoms with Crippen LogP contribution in [0.4, 0.5) is 0 Å². The topological polar surface area (TPSA) is 748 Å². The normalized spacial score (nSPS) is 29.6. The quantitative estimate of drug-likeness (QED) is 0.0199. The molecule has 51 heteroatoms. The fourth-order valence-electron chi connectivity index (χ4n) is 14.6. The summed E-state index contributed by atoms with van der Waals surface area (Å²) in [7, 11) is 0. The van der Waals surface area contributed by atoms with Crippen LogP contribution in [-0.2, 0) is 110 Å². The van der Waals surface area contributed by atoms with Crippen LogP contribution in [0.1, 0.15) is 149 Å². The molecule has 6 fully saturated rings. The van der Waals surface area contributed by atoms with Crippen LogP contribution in [-0.4, -0.2) is 459 Å². The van der Waals surface area contributed by atoms with Gasteiger partial charge in [-0.05, 0) is 84.5 Å². The number of hydroxylamine groups is 2. The molecule has 0 aromatic rings. The largest absolute Gasteiger partial charge is 0.394 e. The predicted molar refractivity (Wildman–Crippen MR) is 446 cm³/mol. The van der Waals surface area contributed by atoms with Crippen molar-refractivity contribution in [3.63, 3.8) is 0 Å². The van der Waals surface area contributed by atoms with Crippen LogP contribution in [0.15, 0.2) is 0 Å². The van der Waals surface area contributed by atoms with Gasteiger partial charge in [-0.15, -0.1) is 5.06 Å². The molecular weight excluding hydrogens is 1760 g/mol. The number of rotatable bonds is 62. The van der Waals surface area contributed by atoms with E-state index in [4.69, 9.17) is 52.2 Å². The van der Waals surface area contributed by atoms with Gasteiger partial charge in [0.15, 0.2) is 31.5 Å². The second-order valence-electron chi connectivity index (χ2n) is 33.1. The van der Waals surface area contributed by atoms with E-state index in [1.54, 1.807) is 0 Å². The maximum absolute atomic E-state index is 13.4. The van der Waals surface area contributed by atoms with Crippen molar-refractivity contribution < 1.29 is 191 Å². The summed E-state index contributed by atoms with van der Waals surface area (Å²) in [5, 5.41) is 190. The predicted octanol–water partition coefficient (Wildman–Crippen LogP) is -12.2. The molecule has 0 aromatic heterocycles. The Morgan fingerprint density at radius 1 is 0.311 bits per heavy atom. The van der Waals surface area contributed by atoms with Crippen molar-refractivity contribution in [2.75, 3.05) is 138 Å². The molecule has 25 N–H and O–H groups in total. The molecule has 51 nitrogen and oxygen atoms in total. The summed E-state index contributed by atoms with van der Waals surface area (Å²) in [6.07, 6.45) is -32.1. The van der Waals surface area contributed by atoms with Crippen molar-refractivity contribution in [3.8, 4) is 0 Å². The molecular formula is C81H140N12O39. The van der Waals surface area contributed by atoms with Gasteiger partial charge in [-0.2, -0.15) is 0 Å². The molecule has 0 saturated carbocycles. The third kappa shape index (κ3) is 39.8. The van der Waals surface area contributed by atoms with Crippen molar-refractivity contribution in [1.29, 1.82) is 0 Å². The second kappa shape index (κ2) is 61.0. The van der Waals surface area contributed by atoms with Crippen molar-refractivity contribution in [2.45, 2.75) is 302 Å². The van der Waals surface area contributed by atoms with Gasteiger partial charge < -0.3 is 182 Å². The molecule has 0 bridgehead atoms. The van der Waals surface area contributed by atoms with Gasteiger partial charge in [-0.3, -0.25) is 62.5 Å². The number of hydrogen-bond acceptors (Lipinski definition) is 41. The van der Waals surface area contributed by atoms with Gasteiger partial charge in [0, 0.05) is 97.4 Å². The highest BCUT2D eigenvalue weighted by Gasteiger charge is 2.53. The minimum Gasteiger partial charge on any atom is -0.394 e. The van der Waals surface area contributed by atoms with Crippen LogP contribution in [0.25, 0.3) is 0 Å². The number of ether oxygens (including phenoxy) is 10. The zero-order valence-electron chi connectivity index (χ0n) is 74.5. The Morgan fingerprint density at radius 2 is 0.591 bits per heavy atom. The van der Waals surface area contributed by atoms with Crippen molar-refractivity contribution in [3.05, 3.63) is 0 Å². The molecule has 11 amide bonds. The van der Waals surface area contributed by atoms with E-state index in [2.05, 4.69) is 47.9 Å². The average Bonchev–Trinajstić information content (AvgIpc) is 0.836. The molecule has 6 saturated heterocycles. The van der Waals surface area contributed by atoms with E-state index in [9.17, 15) is 139 Å². The summed E-state index contributed by atoms with van der Waals surface area (Å²) in [6, 6.07) is 0. The summed E-state index contributed by atoms with van der Waals surface area (Å²) in [5.74, 6) is -6.08. The zero-order chi connectivity index (χ0) is 96.9. The van der Waals surface area contributed by atoms with Gasteiger partial charge in [-0.25, -0.2) is 4.79 Å². The fourth-order valence-corrected chi connectivity index (χ4v) is 14.6. The van der Waals surface area contributed by atoms with E-state index in [0.29, 0.717) is 101 Å². The summed E-state index contributed by atoms with van der Waals surface area (Å²) in [6.45, 7) is -0.943. The Hall–Kier alpha value is -7.28. The molecule has 0 spiro atoms. The lowest BCUT2D eigenvalue weighted by molar-refractivity contribution is -0.366. The van der Waals surface area contributed by atoms with Gasteiger partial charge in [0.1, 0.15) is 110 Å². The number of hydrogen-bond donors (Lipinski definition) is 25. The Labute approximate surface area is 762 Å². The van der Waals surface area contributed by atoms with Gasteiger partial charge >= 0.3 is 5.97 Å². The molecule has 6 heterocycles. The number of imide groups is 1. The SMILES string of the molecule is C[C@@H]1O[C@@H](OCCNC(=O)CCCCCNC(=O)CN(CC(=O)NCCCCCNC(=O)CN(CC(=O)NCCCCCC(=O)NCCO[C@H]2O[C@H](CO[C@H]3O[C@H](CO)[C@@H](O)[C@H](O)[C@@H]3O)[C@@H](O)[C@H](O[C@H]3O[C@H](CO)[C@@H](O)[C@H](O)[C@@H]3O)[C@@H]2O)CC(=O)NCCCCCC(=O)ON2C(=O)CCC2=O)CC(=O)NCCCCCC(=O)NCCO[C@@H]2O[C@@H](C)[C@@H](O)[C@@H](O)[C@@H]2O)[C@@H](O)[C@H](O)[C@@H]1O. The van der Waals surface area contributed by atoms with Gasteiger partial charge in [0.2, 0.25) is 53.2 Å². The third-order valence-electron chi connectivity index (χ3n) is 22.3. The van der Waals surface area contributed by atoms with Crippen LogP contribution >= 0.6 is 0 Å². The first kappa shape index (κ1) is 113. The van der Waals surface area contributed by atoms with E-state index in [1.807, 2.05) is 0 Å². The molecule has 0 radical (unpaired) electrons. The van der Waals surface area contributed by atoms with Crippen LogP contribution < -0.4 is 47.9 Å². The van der Waals surface area contributed by atoms with E-state index < -0.39 is 252 Å². The molecule has 6 aliphatic rings. The summed E-state index contributed by atoms with van der Waals surface area (Å²) < 4.78 is 55.3. The van der Waals surface area contributed by atoms with E-state index in [0.717, 1.165) is 0 Å². The lowest BCUT2D eigenvalue weighted by Crippen LogP contribution is -2.65. The smallest absolute Gasteiger partial charge is 0.333 e. The number of nitrogens with zero attached hydrogens (tertiary/aromatic N) is 3. The number of carbonyl (C=O) groups excluding carboxylic acids is 12. The highest BCUT2D eigenvalue weighted by molar-refractivity contribution is 6.01. The van der Waals surface area contributed by atoms with Gasteiger partial charge in [0.25, 0.3) is 11.8 Å². The maximum atomic E-state index is 13.4. The lowest BCUT2D eigenvalue weighted by Gasteiger charge is -2.46. The van der Waals surface area contributed by atoms with Crippen LogP contribution in [0.5, 0.6) is 0 Å². The van der Waals surface area contributed by atoms with E-state index in [1.165, 1.54) is 23.6 Å². The fraction of sp³-hybridized carbons (Fsp3) is 0.852. The first-order valence-electron chi connectivity index (χ1n) is 45.1. The third-order valence-corrected chi connectivity index (χ3v) is 22.3. The van der Waals surface area contributed by atoms with Gasteiger partial charge in [0.05, 0.1) is 91.1 Å². The average molecular weight is 1910 g/mol. The highest BCUT2D eigenvalue weighted by atomic mass is 16.8. The first-order chi connectivity index (χ1) is 63.0. The maximum Gasteiger partial charge on any atom is 0.333 e. The Balaban J connectivity index is 0.914. The molecule has 0 aliphatic carbocycles. The minimum absolute atomic E-state index is 0.00575. The number of nitrogens with one attached hydrogen (secondary N) is 9. The number of aliphatic hydroxyl groups excluding tert-OH is 16. The molecule has 6 rings (SSSR count). The summed E-state index contributed by atoms with van der Waals surface area (Å²) >= 11 is 0. The van der Waals surface area contributed by atoms with E-state index >= 15 is 0 Å². The second-order valence-corrected chi connectivity index (χ2v) is 33.1. The molecule has 25 atom stereocenters. The lowest BCUT2D eigenvalue weighted by atomic mass is 9.96. The number of amides is 11. The van der Waals surface area contributed by atoms with Crippen molar-refractivity contribution in [2.24, 2.45) is 0 Å².